The van der Waals surface area contributed by atoms with Crippen molar-refractivity contribution in [2.24, 2.45) is 0 Å². The van der Waals surface area contributed by atoms with Crippen LogP contribution in [0.4, 0.5) is 11.4 Å². The van der Waals surface area contributed by atoms with Crippen molar-refractivity contribution in [2.45, 2.75) is 9.79 Å². The van der Waals surface area contributed by atoms with E-state index < -0.39 is 10.6 Å². The van der Waals surface area contributed by atoms with Crippen LogP contribution in [0.1, 0.15) is 0 Å². The summed E-state index contributed by atoms with van der Waals surface area (Å²) in [7, 11) is -2.98. The van der Waals surface area contributed by atoms with Gasteiger partial charge in [-0.3, -0.25) is 9.11 Å². The summed E-state index contributed by atoms with van der Waals surface area (Å²) in [5, 5.41) is 0. The molecule has 0 aromatic heterocycles. The largest absolute Gasteiger partial charge is 0.399 e. The Labute approximate surface area is 101 Å². The molecule has 0 fully saturated rings. The van der Waals surface area contributed by atoms with Gasteiger partial charge in [-0.1, -0.05) is 0 Å². The second-order valence-corrected chi connectivity index (χ2v) is 5.73. The average Bonchev–Trinajstić information content (AvgIpc) is 2.30. The molecule has 0 radical (unpaired) electrons. The molecule has 0 unspecified atom stereocenters. The lowest BCUT2D eigenvalue weighted by Crippen LogP contribution is -2.00. The van der Waals surface area contributed by atoms with E-state index in [4.69, 9.17) is 11.5 Å². The van der Waals surface area contributed by atoms with Gasteiger partial charge in [0.2, 0.25) is 0 Å². The minimum absolute atomic E-state index is 0.441. The number of anilines is 2. The van der Waals surface area contributed by atoms with Crippen LogP contribution in [0.25, 0.3) is 0 Å². The van der Waals surface area contributed by atoms with Crippen molar-refractivity contribution in [1.82, 2.24) is 0 Å². The first-order valence-electron chi connectivity index (χ1n) is 4.99. The van der Waals surface area contributed by atoms with Crippen LogP contribution in [0.5, 0.6) is 0 Å². The van der Waals surface area contributed by atoms with E-state index in [2.05, 4.69) is 0 Å². The van der Waals surface area contributed by atoms with Crippen LogP contribution in [0.3, 0.4) is 0 Å². The lowest BCUT2D eigenvalue weighted by atomic mass is 10.3. The quantitative estimate of drug-likeness (QED) is 0.616. The Hall–Kier alpha value is -1.69. The van der Waals surface area contributed by atoms with E-state index in [1.54, 1.807) is 48.5 Å². The van der Waals surface area contributed by atoms with Crippen molar-refractivity contribution in [3.8, 4) is 0 Å². The highest BCUT2D eigenvalue weighted by atomic mass is 32.3. The van der Waals surface area contributed by atoms with Gasteiger partial charge >= 0.3 is 0 Å². The molecule has 2 aromatic rings. The Morgan fingerprint density at radius 3 is 1.24 bits per heavy atom. The Bertz CT molecular complexity index is 462. The van der Waals surface area contributed by atoms with E-state index in [9.17, 15) is 9.11 Å². The van der Waals surface area contributed by atoms with Crippen molar-refractivity contribution >= 4 is 22.0 Å². The number of nitrogen functional groups attached to an aromatic ring is 2. The summed E-state index contributed by atoms with van der Waals surface area (Å²) in [6, 6.07) is 13.0. The summed E-state index contributed by atoms with van der Waals surface area (Å²) < 4.78 is 20.4. The van der Waals surface area contributed by atoms with E-state index >= 15 is 0 Å². The molecule has 0 saturated carbocycles. The molecule has 5 heteroatoms. The molecule has 2 aromatic carbocycles. The second-order valence-electron chi connectivity index (χ2n) is 3.69. The van der Waals surface area contributed by atoms with Crippen LogP contribution < -0.4 is 11.5 Å². The predicted octanol–water partition coefficient (Wildman–Crippen LogP) is 3.02. The monoisotopic (exact) mass is 250 g/mol. The SMILES string of the molecule is Nc1ccc(S(O)(O)c2ccc(N)cc2)cc1. The Kier molecular flexibility index (Phi) is 2.97. The second kappa shape index (κ2) is 4.29. The Morgan fingerprint density at radius 2 is 0.941 bits per heavy atom. The van der Waals surface area contributed by atoms with Crippen LogP contribution in [0, 0.1) is 0 Å². The standard InChI is InChI=1S/C12H14N2O2S/c13-9-1-5-11(6-2-9)17(15,16)12-7-3-10(14)4-8-12/h1-8,15-16H,13-14H2. The number of hydrogen-bond donors (Lipinski definition) is 4. The smallest absolute Gasteiger partial charge is 0.0638 e. The maximum absolute atomic E-state index is 10.2. The van der Waals surface area contributed by atoms with Crippen molar-refractivity contribution in [3.05, 3.63) is 48.5 Å². The Morgan fingerprint density at radius 1 is 0.647 bits per heavy atom. The summed E-state index contributed by atoms with van der Waals surface area (Å²) >= 11 is 0. The summed E-state index contributed by atoms with van der Waals surface area (Å²) in [5.41, 5.74) is 12.3. The fourth-order valence-corrected chi connectivity index (χ4v) is 2.75. The van der Waals surface area contributed by atoms with Gasteiger partial charge in [-0.05, 0) is 48.5 Å². The summed E-state index contributed by atoms with van der Waals surface area (Å²) in [5.74, 6) is 0. The number of benzene rings is 2. The van der Waals surface area contributed by atoms with E-state index in [0.717, 1.165) is 0 Å². The third-order valence-corrected chi connectivity index (χ3v) is 4.28. The van der Waals surface area contributed by atoms with Crippen molar-refractivity contribution in [2.75, 3.05) is 11.5 Å². The van der Waals surface area contributed by atoms with Crippen LogP contribution in [-0.2, 0) is 0 Å². The maximum Gasteiger partial charge on any atom is 0.0638 e. The topological polar surface area (TPSA) is 92.5 Å². The third kappa shape index (κ3) is 2.36. The van der Waals surface area contributed by atoms with Crippen LogP contribution in [0.15, 0.2) is 58.3 Å². The minimum Gasteiger partial charge on any atom is -0.399 e. The molecule has 90 valence electrons. The van der Waals surface area contributed by atoms with Crippen molar-refractivity contribution < 1.29 is 9.11 Å². The molecule has 0 atom stereocenters. The van der Waals surface area contributed by atoms with Gasteiger partial charge < -0.3 is 11.5 Å². The number of nitrogens with two attached hydrogens (primary N) is 2. The first-order valence-corrected chi connectivity index (χ1v) is 6.54. The maximum atomic E-state index is 10.2. The molecule has 4 nitrogen and oxygen atoms in total. The lowest BCUT2D eigenvalue weighted by Gasteiger charge is -2.32. The highest BCUT2D eigenvalue weighted by Crippen LogP contribution is 2.55. The Balaban J connectivity index is 2.41. The zero-order chi connectivity index (χ0) is 12.5. The molecule has 0 amide bonds. The fraction of sp³-hybridized carbons (Fsp3) is 0. The fourth-order valence-electron chi connectivity index (χ4n) is 1.45. The van der Waals surface area contributed by atoms with Crippen LogP contribution in [-0.4, -0.2) is 9.11 Å². The molecule has 6 N–H and O–H groups in total. The summed E-state index contributed by atoms with van der Waals surface area (Å²) in [6.45, 7) is 0. The van der Waals surface area contributed by atoms with Crippen LogP contribution >= 0.6 is 10.6 Å². The van der Waals surface area contributed by atoms with E-state index in [-0.39, 0.29) is 0 Å². The third-order valence-electron chi connectivity index (χ3n) is 2.42. The first-order chi connectivity index (χ1) is 8.00. The average molecular weight is 250 g/mol. The van der Waals surface area contributed by atoms with Gasteiger partial charge in [-0.15, -0.1) is 10.6 Å². The molecule has 2 rings (SSSR count). The molecular weight excluding hydrogens is 236 g/mol. The predicted molar refractivity (Wildman–Crippen MR) is 71.1 cm³/mol. The minimum atomic E-state index is -2.98. The molecule has 0 aliphatic heterocycles. The van der Waals surface area contributed by atoms with Gasteiger partial charge in [0, 0.05) is 11.4 Å². The zero-order valence-corrected chi connectivity index (χ0v) is 9.89. The molecular formula is C12H14N2O2S. The first kappa shape index (κ1) is 11.8. The van der Waals surface area contributed by atoms with Gasteiger partial charge in [0.1, 0.15) is 0 Å². The van der Waals surface area contributed by atoms with Gasteiger partial charge in [0.25, 0.3) is 0 Å². The van der Waals surface area contributed by atoms with E-state index in [1.165, 1.54) is 0 Å². The molecule has 0 bridgehead atoms. The van der Waals surface area contributed by atoms with Crippen LogP contribution in [0.2, 0.25) is 0 Å². The molecule has 0 aliphatic carbocycles. The molecule has 0 spiro atoms. The lowest BCUT2D eigenvalue weighted by molar-refractivity contribution is 0.487. The van der Waals surface area contributed by atoms with Gasteiger partial charge in [0.05, 0.1) is 9.79 Å². The number of rotatable bonds is 2. The van der Waals surface area contributed by atoms with Gasteiger partial charge in [0.15, 0.2) is 0 Å². The summed E-state index contributed by atoms with van der Waals surface area (Å²) in [6.07, 6.45) is 0. The van der Waals surface area contributed by atoms with Crippen molar-refractivity contribution in [3.63, 3.8) is 0 Å². The zero-order valence-electron chi connectivity index (χ0n) is 9.08. The van der Waals surface area contributed by atoms with Gasteiger partial charge in [-0.2, -0.15) is 0 Å². The molecule has 0 heterocycles. The normalized spacial score (nSPS) is 12.4. The van der Waals surface area contributed by atoms with Crippen molar-refractivity contribution in [1.29, 1.82) is 0 Å². The van der Waals surface area contributed by atoms with E-state index in [0.29, 0.717) is 21.2 Å². The molecule has 0 saturated heterocycles. The highest BCUT2D eigenvalue weighted by Gasteiger charge is 2.18. The number of hydrogen-bond acceptors (Lipinski definition) is 4. The van der Waals surface area contributed by atoms with Gasteiger partial charge in [-0.25, -0.2) is 0 Å². The molecule has 0 aliphatic rings. The van der Waals surface area contributed by atoms with E-state index in [1.807, 2.05) is 0 Å². The molecule has 17 heavy (non-hydrogen) atoms. The summed E-state index contributed by atoms with van der Waals surface area (Å²) in [4.78, 5) is 0.882. The highest BCUT2D eigenvalue weighted by molar-refractivity contribution is 8.24.